The summed E-state index contributed by atoms with van der Waals surface area (Å²) < 4.78 is 10.6. The summed E-state index contributed by atoms with van der Waals surface area (Å²) in [5.41, 5.74) is 2.92. The van der Waals surface area contributed by atoms with Crippen LogP contribution in [0.4, 0.5) is 0 Å². The van der Waals surface area contributed by atoms with Crippen molar-refractivity contribution >= 4 is 18.1 Å². The second-order valence-electron chi connectivity index (χ2n) is 5.91. The van der Waals surface area contributed by atoms with E-state index in [9.17, 15) is 9.90 Å². The van der Waals surface area contributed by atoms with Crippen LogP contribution in [-0.2, 0) is 11.3 Å². The highest BCUT2D eigenvalue weighted by molar-refractivity contribution is 5.92. The Morgan fingerprint density at radius 2 is 1.70 bits per heavy atom. The van der Waals surface area contributed by atoms with Gasteiger partial charge in [-0.3, -0.25) is 0 Å². The smallest absolute Gasteiger partial charge is 0.341 e. The van der Waals surface area contributed by atoms with Crippen LogP contribution in [0.25, 0.3) is 12.2 Å². The molecule has 3 aromatic carbocycles. The van der Waals surface area contributed by atoms with E-state index in [0.29, 0.717) is 6.61 Å². The van der Waals surface area contributed by atoms with Crippen LogP contribution in [-0.4, -0.2) is 18.2 Å². The summed E-state index contributed by atoms with van der Waals surface area (Å²) in [7, 11) is 1.28. The third kappa shape index (κ3) is 4.76. The molecular formula is C23H20O4. The van der Waals surface area contributed by atoms with Crippen LogP contribution in [0.1, 0.15) is 27.0 Å². The molecule has 0 fully saturated rings. The number of carbonyl (C=O) groups excluding carboxylic acids is 1. The van der Waals surface area contributed by atoms with Crippen LogP contribution in [0.5, 0.6) is 11.5 Å². The first-order valence-corrected chi connectivity index (χ1v) is 8.52. The van der Waals surface area contributed by atoms with Crippen LogP contribution in [0.2, 0.25) is 0 Å². The predicted octanol–water partition coefficient (Wildman–Crippen LogP) is 4.93. The zero-order valence-electron chi connectivity index (χ0n) is 15.0. The van der Waals surface area contributed by atoms with Gasteiger partial charge < -0.3 is 14.6 Å². The number of para-hydroxylation sites is 1. The minimum Gasteiger partial charge on any atom is -0.507 e. The van der Waals surface area contributed by atoms with Gasteiger partial charge in [-0.1, -0.05) is 66.7 Å². The Morgan fingerprint density at radius 1 is 0.963 bits per heavy atom. The number of methoxy groups -OCH3 is 1. The van der Waals surface area contributed by atoms with Crippen molar-refractivity contribution in [3.63, 3.8) is 0 Å². The van der Waals surface area contributed by atoms with Gasteiger partial charge in [-0.25, -0.2) is 4.79 Å². The maximum atomic E-state index is 11.5. The monoisotopic (exact) mass is 360 g/mol. The fourth-order valence-corrected chi connectivity index (χ4v) is 2.61. The number of carbonyl (C=O) groups is 1. The van der Waals surface area contributed by atoms with E-state index in [1.165, 1.54) is 13.2 Å². The van der Waals surface area contributed by atoms with Crippen LogP contribution in [0.15, 0.2) is 72.8 Å². The number of benzene rings is 3. The molecule has 0 radical (unpaired) electrons. The van der Waals surface area contributed by atoms with Gasteiger partial charge in [0.2, 0.25) is 0 Å². The first kappa shape index (κ1) is 18.3. The summed E-state index contributed by atoms with van der Waals surface area (Å²) in [5.74, 6) is 0.0910. The Kier molecular flexibility index (Phi) is 5.90. The van der Waals surface area contributed by atoms with E-state index in [4.69, 9.17) is 4.74 Å². The van der Waals surface area contributed by atoms with E-state index in [-0.39, 0.29) is 11.3 Å². The van der Waals surface area contributed by atoms with Crippen molar-refractivity contribution in [1.82, 2.24) is 0 Å². The molecule has 0 unspecified atom stereocenters. The molecule has 0 saturated carbocycles. The highest BCUT2D eigenvalue weighted by atomic mass is 16.5. The Hall–Kier alpha value is -3.53. The average Bonchev–Trinajstić information content (AvgIpc) is 2.71. The third-order valence-corrected chi connectivity index (χ3v) is 4.04. The molecule has 0 bridgehead atoms. The summed E-state index contributed by atoms with van der Waals surface area (Å²) in [5, 5.41) is 10.00. The zero-order chi connectivity index (χ0) is 19.1. The lowest BCUT2D eigenvalue weighted by Gasteiger charge is -2.09. The number of hydrogen-bond acceptors (Lipinski definition) is 4. The van der Waals surface area contributed by atoms with Gasteiger partial charge >= 0.3 is 5.97 Å². The standard InChI is InChI=1S/C23H20O4/c1-26-23(25)20-14-12-17(15-21(20)24)11-13-19-9-5-6-10-22(19)27-16-18-7-3-2-4-8-18/h2-15,24H,16H2,1H3/b13-11+. The van der Waals surface area contributed by atoms with Crippen molar-refractivity contribution in [1.29, 1.82) is 0 Å². The first-order chi connectivity index (χ1) is 13.2. The first-order valence-electron chi connectivity index (χ1n) is 8.52. The molecule has 4 heteroatoms. The molecule has 0 atom stereocenters. The van der Waals surface area contributed by atoms with Crippen LogP contribution < -0.4 is 4.74 Å². The minimum atomic E-state index is -0.567. The Morgan fingerprint density at radius 3 is 2.44 bits per heavy atom. The fourth-order valence-electron chi connectivity index (χ4n) is 2.61. The number of hydrogen-bond donors (Lipinski definition) is 1. The molecule has 136 valence electrons. The lowest BCUT2D eigenvalue weighted by molar-refractivity contribution is 0.0597. The maximum absolute atomic E-state index is 11.5. The lowest BCUT2D eigenvalue weighted by atomic mass is 10.1. The van der Waals surface area contributed by atoms with Crippen LogP contribution in [0.3, 0.4) is 0 Å². The highest BCUT2D eigenvalue weighted by Crippen LogP contribution is 2.24. The molecule has 0 aliphatic carbocycles. The molecule has 0 saturated heterocycles. The van der Waals surface area contributed by atoms with Gasteiger partial charge in [0.1, 0.15) is 23.7 Å². The van der Waals surface area contributed by atoms with Gasteiger partial charge in [0, 0.05) is 5.56 Å². The van der Waals surface area contributed by atoms with Crippen molar-refractivity contribution in [2.45, 2.75) is 6.61 Å². The third-order valence-electron chi connectivity index (χ3n) is 4.04. The molecule has 0 spiro atoms. The van der Waals surface area contributed by atoms with Crippen molar-refractivity contribution in [2.75, 3.05) is 7.11 Å². The lowest BCUT2D eigenvalue weighted by Crippen LogP contribution is -2.01. The largest absolute Gasteiger partial charge is 0.507 e. The summed E-state index contributed by atoms with van der Waals surface area (Å²) in [4.78, 5) is 11.5. The van der Waals surface area contributed by atoms with Gasteiger partial charge in [0.25, 0.3) is 0 Å². The number of rotatable bonds is 6. The van der Waals surface area contributed by atoms with Crippen molar-refractivity contribution in [2.24, 2.45) is 0 Å². The van der Waals surface area contributed by atoms with E-state index in [0.717, 1.165) is 22.4 Å². The molecule has 0 aromatic heterocycles. The predicted molar refractivity (Wildman–Crippen MR) is 106 cm³/mol. The summed E-state index contributed by atoms with van der Waals surface area (Å²) in [6.45, 7) is 0.486. The van der Waals surface area contributed by atoms with Crippen molar-refractivity contribution in [3.05, 3.63) is 95.1 Å². The van der Waals surface area contributed by atoms with Crippen LogP contribution >= 0.6 is 0 Å². The van der Waals surface area contributed by atoms with E-state index in [2.05, 4.69) is 4.74 Å². The summed E-state index contributed by atoms with van der Waals surface area (Å²) in [6.07, 6.45) is 3.76. The number of phenolic OH excluding ortho intramolecular Hbond substituents is 1. The van der Waals surface area contributed by atoms with E-state index in [1.54, 1.807) is 12.1 Å². The molecule has 0 amide bonds. The van der Waals surface area contributed by atoms with Gasteiger partial charge in [-0.05, 0) is 29.3 Å². The van der Waals surface area contributed by atoms with Crippen LogP contribution in [0, 0.1) is 0 Å². The molecule has 3 aromatic rings. The number of phenols is 1. The van der Waals surface area contributed by atoms with Gasteiger partial charge in [0.15, 0.2) is 0 Å². The van der Waals surface area contributed by atoms with Gasteiger partial charge in [0.05, 0.1) is 7.11 Å². The second-order valence-corrected chi connectivity index (χ2v) is 5.91. The van der Waals surface area contributed by atoms with Crippen molar-refractivity contribution in [3.8, 4) is 11.5 Å². The Balaban J connectivity index is 1.75. The number of ether oxygens (including phenoxy) is 2. The van der Waals surface area contributed by atoms with Crippen molar-refractivity contribution < 1.29 is 19.4 Å². The van der Waals surface area contributed by atoms with Gasteiger partial charge in [-0.2, -0.15) is 0 Å². The highest BCUT2D eigenvalue weighted by Gasteiger charge is 2.10. The maximum Gasteiger partial charge on any atom is 0.341 e. The molecule has 4 nitrogen and oxygen atoms in total. The zero-order valence-corrected chi connectivity index (χ0v) is 15.0. The molecular weight excluding hydrogens is 340 g/mol. The second kappa shape index (κ2) is 8.72. The Labute approximate surface area is 158 Å². The summed E-state index contributed by atoms with van der Waals surface area (Å²) >= 11 is 0. The quantitative estimate of drug-likeness (QED) is 0.500. The fraction of sp³-hybridized carbons (Fsp3) is 0.0870. The van der Waals surface area contributed by atoms with E-state index in [1.807, 2.05) is 66.7 Å². The molecule has 1 N–H and O–H groups in total. The molecule has 3 rings (SSSR count). The van der Waals surface area contributed by atoms with E-state index >= 15 is 0 Å². The SMILES string of the molecule is COC(=O)c1ccc(/C=C/c2ccccc2OCc2ccccc2)cc1O. The Bertz CT molecular complexity index is 946. The molecule has 27 heavy (non-hydrogen) atoms. The topological polar surface area (TPSA) is 55.8 Å². The number of esters is 1. The number of aromatic hydroxyl groups is 1. The minimum absolute atomic E-state index is 0.113. The molecule has 0 heterocycles. The summed E-state index contributed by atoms with van der Waals surface area (Å²) in [6, 6.07) is 22.5. The molecule has 0 aliphatic rings. The normalized spacial score (nSPS) is 10.7. The van der Waals surface area contributed by atoms with Gasteiger partial charge in [-0.15, -0.1) is 0 Å². The van der Waals surface area contributed by atoms with E-state index < -0.39 is 5.97 Å². The molecule has 0 aliphatic heterocycles. The average molecular weight is 360 g/mol.